The second kappa shape index (κ2) is 6.17. The van der Waals surface area contributed by atoms with Gasteiger partial charge in [-0.25, -0.2) is 10.2 Å². The average Bonchev–Trinajstić information content (AvgIpc) is 2.43. The van der Waals surface area contributed by atoms with Crippen molar-refractivity contribution in [2.45, 2.75) is 12.8 Å². The van der Waals surface area contributed by atoms with Gasteiger partial charge in [0.15, 0.2) is 5.69 Å². The van der Waals surface area contributed by atoms with E-state index in [2.05, 4.69) is 20.5 Å². The Balaban J connectivity index is 1.92. The molecule has 0 radical (unpaired) electrons. The molecule has 102 valence electrons. The van der Waals surface area contributed by atoms with Crippen LogP contribution in [0.25, 0.3) is 0 Å². The van der Waals surface area contributed by atoms with Gasteiger partial charge in [0, 0.05) is 19.0 Å². The second-order valence-corrected chi connectivity index (χ2v) is 4.03. The van der Waals surface area contributed by atoms with Crippen molar-refractivity contribution in [3.63, 3.8) is 0 Å². The van der Waals surface area contributed by atoms with Gasteiger partial charge in [-0.3, -0.25) is 4.79 Å². The SMILES string of the molecule is COC(=O)CCCN=C1Nc2ccccc2[NH+]([O-])N1. The molecule has 1 heterocycles. The molecule has 1 aliphatic rings. The number of benzene rings is 1. The molecule has 0 amide bonds. The third-order valence-electron chi connectivity index (χ3n) is 2.69. The predicted molar refractivity (Wildman–Crippen MR) is 70.7 cm³/mol. The highest BCUT2D eigenvalue weighted by atomic mass is 16.5. The van der Waals surface area contributed by atoms with Crippen molar-refractivity contribution in [1.29, 1.82) is 0 Å². The van der Waals surface area contributed by atoms with Crippen LogP contribution in [0.1, 0.15) is 12.8 Å². The van der Waals surface area contributed by atoms with E-state index in [1.807, 2.05) is 12.1 Å². The molecule has 7 heteroatoms. The van der Waals surface area contributed by atoms with Gasteiger partial charge in [-0.1, -0.05) is 12.1 Å². The van der Waals surface area contributed by atoms with Crippen molar-refractivity contribution >= 4 is 23.3 Å². The van der Waals surface area contributed by atoms with Crippen LogP contribution < -0.4 is 15.9 Å². The van der Waals surface area contributed by atoms with Crippen molar-refractivity contribution in [2.24, 2.45) is 4.99 Å². The molecule has 0 aliphatic carbocycles. The number of aliphatic imine (C=N–C) groups is 1. The molecule has 0 bridgehead atoms. The van der Waals surface area contributed by atoms with E-state index in [4.69, 9.17) is 0 Å². The molecule has 0 saturated carbocycles. The van der Waals surface area contributed by atoms with E-state index in [1.165, 1.54) is 7.11 Å². The van der Waals surface area contributed by atoms with Crippen molar-refractivity contribution in [2.75, 3.05) is 19.0 Å². The molecule has 0 aromatic heterocycles. The third-order valence-corrected chi connectivity index (χ3v) is 2.69. The molecule has 1 atom stereocenters. The van der Waals surface area contributed by atoms with Crippen LogP contribution in [0.5, 0.6) is 0 Å². The molecule has 1 unspecified atom stereocenters. The lowest BCUT2D eigenvalue weighted by Gasteiger charge is -2.30. The molecule has 1 aromatic rings. The van der Waals surface area contributed by atoms with E-state index in [0.717, 1.165) is 5.69 Å². The first-order valence-electron chi connectivity index (χ1n) is 5.99. The highest BCUT2D eigenvalue weighted by molar-refractivity contribution is 5.96. The predicted octanol–water partition coefficient (Wildman–Crippen LogP) is -0.0599. The van der Waals surface area contributed by atoms with Gasteiger partial charge in [0.05, 0.1) is 7.11 Å². The fraction of sp³-hybridized carbons (Fsp3) is 0.333. The summed E-state index contributed by atoms with van der Waals surface area (Å²) in [5, 5.41) is 14.6. The molecule has 0 fully saturated rings. The molecule has 0 saturated heterocycles. The van der Waals surface area contributed by atoms with Crippen LogP contribution >= 0.6 is 0 Å². The van der Waals surface area contributed by atoms with Gasteiger partial charge >= 0.3 is 5.97 Å². The first-order valence-corrected chi connectivity index (χ1v) is 5.99. The van der Waals surface area contributed by atoms with Crippen LogP contribution in [0, 0.1) is 5.21 Å². The van der Waals surface area contributed by atoms with Crippen LogP contribution in [-0.2, 0) is 9.53 Å². The van der Waals surface area contributed by atoms with Gasteiger partial charge in [0.2, 0.25) is 5.96 Å². The van der Waals surface area contributed by atoms with E-state index in [-0.39, 0.29) is 11.1 Å². The lowest BCUT2D eigenvalue weighted by atomic mass is 10.2. The quantitative estimate of drug-likeness (QED) is 0.403. The van der Waals surface area contributed by atoms with Crippen molar-refractivity contribution in [3.8, 4) is 0 Å². The zero-order valence-electron chi connectivity index (χ0n) is 10.6. The summed E-state index contributed by atoms with van der Waals surface area (Å²) in [6, 6.07) is 7.21. The van der Waals surface area contributed by atoms with Gasteiger partial charge in [-0.05, 0) is 12.5 Å². The second-order valence-electron chi connectivity index (χ2n) is 4.03. The number of guanidine groups is 1. The number of hydrogen-bond donors (Lipinski definition) is 3. The minimum absolute atomic E-state index is 0.180. The van der Waals surface area contributed by atoms with E-state index < -0.39 is 0 Å². The number of carbonyl (C=O) groups excluding carboxylic acids is 1. The number of nitrogens with one attached hydrogen (secondary N) is 3. The normalized spacial score (nSPS) is 19.3. The van der Waals surface area contributed by atoms with Gasteiger partial charge in [-0.15, -0.1) is 0 Å². The van der Waals surface area contributed by atoms with Crippen molar-refractivity contribution < 1.29 is 14.7 Å². The van der Waals surface area contributed by atoms with Crippen molar-refractivity contribution in [3.05, 3.63) is 29.5 Å². The number of carbonyl (C=O) groups is 1. The molecular weight excluding hydrogens is 248 g/mol. The number of nitrogens with zero attached hydrogens (tertiary/aromatic N) is 1. The Kier molecular flexibility index (Phi) is 4.32. The molecule has 1 aliphatic heterocycles. The molecule has 19 heavy (non-hydrogen) atoms. The first-order chi connectivity index (χ1) is 9.20. The average molecular weight is 264 g/mol. The summed E-state index contributed by atoms with van der Waals surface area (Å²) in [6.07, 6.45) is 0.896. The molecule has 1 aromatic carbocycles. The van der Waals surface area contributed by atoms with Gasteiger partial charge < -0.3 is 15.3 Å². The van der Waals surface area contributed by atoms with E-state index in [9.17, 15) is 10.0 Å². The largest absolute Gasteiger partial charge is 0.603 e. The molecule has 0 spiro atoms. The van der Waals surface area contributed by atoms with E-state index >= 15 is 0 Å². The number of methoxy groups -OCH3 is 1. The summed E-state index contributed by atoms with van der Waals surface area (Å²) in [5.74, 6) is 0.153. The zero-order chi connectivity index (χ0) is 13.7. The number of quaternary nitrogens is 1. The number of para-hydroxylation sites is 2. The summed E-state index contributed by atoms with van der Waals surface area (Å²) in [6.45, 7) is 0.444. The number of rotatable bonds is 4. The number of ether oxygens (including phenoxy) is 1. The summed E-state index contributed by atoms with van der Waals surface area (Å²) < 4.78 is 4.53. The Bertz CT molecular complexity index is 490. The third kappa shape index (κ3) is 3.43. The minimum atomic E-state index is -0.258. The van der Waals surface area contributed by atoms with Crippen molar-refractivity contribution in [1.82, 2.24) is 5.43 Å². The highest BCUT2D eigenvalue weighted by Crippen LogP contribution is 2.17. The maximum atomic E-state index is 11.8. The smallest absolute Gasteiger partial charge is 0.305 e. The van der Waals surface area contributed by atoms with E-state index in [0.29, 0.717) is 31.0 Å². The van der Waals surface area contributed by atoms with Gasteiger partial charge in [0.1, 0.15) is 5.69 Å². The van der Waals surface area contributed by atoms with Crippen LogP contribution in [0.4, 0.5) is 11.4 Å². The highest BCUT2D eigenvalue weighted by Gasteiger charge is 2.18. The molecule has 3 N–H and O–H groups in total. The fourth-order valence-electron chi connectivity index (χ4n) is 1.72. The minimum Gasteiger partial charge on any atom is -0.603 e. The van der Waals surface area contributed by atoms with Crippen LogP contribution in [0.2, 0.25) is 0 Å². The van der Waals surface area contributed by atoms with Crippen LogP contribution in [-0.4, -0.2) is 25.6 Å². The topological polar surface area (TPSA) is 90.2 Å². The maximum Gasteiger partial charge on any atom is 0.305 e. The Labute approximate surface area is 110 Å². The Morgan fingerprint density at radius 3 is 3.05 bits per heavy atom. The summed E-state index contributed by atoms with van der Waals surface area (Å²) >= 11 is 0. The van der Waals surface area contributed by atoms with Crippen LogP contribution in [0.3, 0.4) is 0 Å². The summed E-state index contributed by atoms with van der Waals surface area (Å²) in [5.41, 5.74) is 3.99. The summed E-state index contributed by atoms with van der Waals surface area (Å²) in [4.78, 5) is 15.1. The Hall–Kier alpha value is -2.12. The van der Waals surface area contributed by atoms with E-state index in [1.54, 1.807) is 12.1 Å². The van der Waals surface area contributed by atoms with Gasteiger partial charge in [0.25, 0.3) is 0 Å². The molecular formula is C12H16N4O3. The summed E-state index contributed by atoms with van der Waals surface area (Å²) in [7, 11) is 1.36. The zero-order valence-corrected chi connectivity index (χ0v) is 10.6. The fourth-order valence-corrected chi connectivity index (χ4v) is 1.72. The first kappa shape index (κ1) is 13.3. The lowest BCUT2D eigenvalue weighted by Crippen LogP contribution is -3.11. The molecule has 2 rings (SSSR count). The van der Waals surface area contributed by atoms with Gasteiger partial charge in [-0.2, -0.15) is 5.43 Å². The number of esters is 1. The maximum absolute atomic E-state index is 11.8. The van der Waals surface area contributed by atoms with Crippen LogP contribution in [0.15, 0.2) is 29.3 Å². The lowest BCUT2D eigenvalue weighted by molar-refractivity contribution is -0.816. The Morgan fingerprint density at radius 1 is 1.47 bits per heavy atom. The number of fused-ring (bicyclic) bond motifs is 1. The monoisotopic (exact) mass is 264 g/mol. The number of hydrogen-bond acceptors (Lipinski definition) is 4. The Morgan fingerprint density at radius 2 is 2.26 bits per heavy atom. The molecule has 7 nitrogen and oxygen atoms in total. The standard InChI is InChI=1S/C12H16N4O3/c1-19-11(17)7-4-8-13-12-14-9-5-2-3-6-10(9)16(18)15-12/h2-3,5-6,16H,4,7-8H2,1H3,(H2,13,14,15). The number of anilines is 1.